The van der Waals surface area contributed by atoms with Crippen LogP contribution in [0.15, 0.2) is 47.2 Å². The molecule has 2 aliphatic rings. The molecule has 1 saturated heterocycles. The van der Waals surface area contributed by atoms with E-state index < -0.39 is 11.8 Å². The van der Waals surface area contributed by atoms with Crippen LogP contribution in [0.3, 0.4) is 0 Å². The third kappa shape index (κ3) is 3.97. The molecule has 0 spiro atoms. The number of benzene rings is 1. The summed E-state index contributed by atoms with van der Waals surface area (Å²) in [6, 6.07) is 8.19. The Morgan fingerprint density at radius 3 is 2.53 bits per heavy atom. The highest BCUT2D eigenvalue weighted by Gasteiger charge is 2.37. The maximum Gasteiger partial charge on any atom is 0.262 e. The molecule has 0 saturated carbocycles. The number of imide groups is 1. The molecular weight excluding hydrogens is 452 g/mol. The lowest BCUT2D eigenvalue weighted by atomic mass is 10.0. The first-order chi connectivity index (χ1) is 14.4. The Balaban J connectivity index is 1.30. The first-order valence-corrected chi connectivity index (χ1v) is 10.4. The van der Waals surface area contributed by atoms with Gasteiger partial charge in [-0.05, 0) is 43.2 Å². The minimum Gasteiger partial charge on any atom is -0.352 e. The highest BCUT2D eigenvalue weighted by molar-refractivity contribution is 9.10. The van der Waals surface area contributed by atoms with Gasteiger partial charge in [0, 0.05) is 36.0 Å². The molecule has 154 valence electrons. The van der Waals surface area contributed by atoms with Crippen molar-refractivity contribution in [3.63, 3.8) is 0 Å². The van der Waals surface area contributed by atoms with Crippen molar-refractivity contribution >= 4 is 39.6 Å². The molecule has 1 aromatic heterocycles. The van der Waals surface area contributed by atoms with E-state index in [0.29, 0.717) is 47.1 Å². The molecule has 2 aromatic rings. The molecule has 9 heteroatoms. The van der Waals surface area contributed by atoms with Crippen molar-refractivity contribution < 1.29 is 19.2 Å². The largest absolute Gasteiger partial charge is 0.352 e. The molecule has 4 amide bonds. The molecular formula is C21H19BrN4O4. The number of nitrogens with zero attached hydrogens (tertiary/aromatic N) is 3. The minimum absolute atomic E-state index is 0.0786. The van der Waals surface area contributed by atoms with Gasteiger partial charge in [0.05, 0.1) is 16.7 Å². The van der Waals surface area contributed by atoms with Crippen LogP contribution in [0, 0.1) is 0 Å². The van der Waals surface area contributed by atoms with E-state index in [1.165, 1.54) is 6.20 Å². The van der Waals surface area contributed by atoms with Crippen LogP contribution in [0.1, 0.15) is 43.9 Å². The maximum atomic E-state index is 12.5. The van der Waals surface area contributed by atoms with E-state index in [1.807, 2.05) is 0 Å². The monoisotopic (exact) mass is 470 g/mol. The molecule has 3 heterocycles. The van der Waals surface area contributed by atoms with Gasteiger partial charge in [0.25, 0.3) is 17.7 Å². The third-order valence-electron chi connectivity index (χ3n) is 5.29. The van der Waals surface area contributed by atoms with E-state index >= 15 is 0 Å². The number of piperidine rings is 1. The first-order valence-electron chi connectivity index (χ1n) is 9.58. The summed E-state index contributed by atoms with van der Waals surface area (Å²) in [5.74, 6) is -1.40. The van der Waals surface area contributed by atoms with Crippen LogP contribution in [0.25, 0.3) is 0 Å². The standard InChI is InChI=1S/C21H19BrN4O4/c22-14-3-4-16-17(10-14)21(30)26(20(16)29)12-18(27)24-15-5-8-25(9-6-15)19(28)13-2-1-7-23-11-13/h1-4,7,10-11,15H,5-6,8-9,12H2,(H,24,27). The lowest BCUT2D eigenvalue weighted by Gasteiger charge is -2.32. The number of rotatable bonds is 4. The zero-order valence-corrected chi connectivity index (χ0v) is 17.6. The van der Waals surface area contributed by atoms with Gasteiger partial charge in [0.1, 0.15) is 6.54 Å². The molecule has 0 aliphatic carbocycles. The summed E-state index contributed by atoms with van der Waals surface area (Å²) < 4.78 is 0.696. The summed E-state index contributed by atoms with van der Waals surface area (Å²) in [6.45, 7) is 0.707. The number of fused-ring (bicyclic) bond motifs is 1. The number of carbonyl (C=O) groups is 4. The van der Waals surface area contributed by atoms with Crippen molar-refractivity contribution in [3.05, 3.63) is 63.9 Å². The Morgan fingerprint density at radius 2 is 1.83 bits per heavy atom. The van der Waals surface area contributed by atoms with Gasteiger partial charge >= 0.3 is 0 Å². The van der Waals surface area contributed by atoms with Gasteiger partial charge in [0.15, 0.2) is 0 Å². The smallest absolute Gasteiger partial charge is 0.262 e. The predicted octanol–water partition coefficient (Wildman–Crippen LogP) is 1.86. The number of carbonyl (C=O) groups excluding carboxylic acids is 4. The van der Waals surface area contributed by atoms with Gasteiger partial charge in [-0.1, -0.05) is 15.9 Å². The zero-order chi connectivity index (χ0) is 21.3. The quantitative estimate of drug-likeness (QED) is 0.687. The Labute approximate surface area is 181 Å². The van der Waals surface area contributed by atoms with Crippen molar-refractivity contribution in [1.82, 2.24) is 20.1 Å². The average molecular weight is 471 g/mol. The lowest BCUT2D eigenvalue weighted by molar-refractivity contribution is -0.122. The highest BCUT2D eigenvalue weighted by atomic mass is 79.9. The summed E-state index contributed by atoms with van der Waals surface area (Å²) in [6.07, 6.45) is 4.36. The van der Waals surface area contributed by atoms with Crippen LogP contribution >= 0.6 is 15.9 Å². The predicted molar refractivity (Wildman–Crippen MR) is 111 cm³/mol. The number of amides is 4. The Kier molecular flexibility index (Phi) is 5.63. The maximum absolute atomic E-state index is 12.5. The van der Waals surface area contributed by atoms with Crippen LogP contribution in [0.5, 0.6) is 0 Å². The average Bonchev–Trinajstić information content (AvgIpc) is 2.98. The van der Waals surface area contributed by atoms with Crippen molar-refractivity contribution in [2.24, 2.45) is 0 Å². The van der Waals surface area contributed by atoms with Crippen molar-refractivity contribution in [2.75, 3.05) is 19.6 Å². The van der Waals surface area contributed by atoms with Crippen LogP contribution in [0.4, 0.5) is 0 Å². The van der Waals surface area contributed by atoms with E-state index in [1.54, 1.807) is 41.4 Å². The molecule has 1 aromatic carbocycles. The molecule has 30 heavy (non-hydrogen) atoms. The summed E-state index contributed by atoms with van der Waals surface area (Å²) >= 11 is 3.29. The summed E-state index contributed by atoms with van der Waals surface area (Å²) in [7, 11) is 0. The van der Waals surface area contributed by atoms with Crippen LogP contribution < -0.4 is 5.32 Å². The van der Waals surface area contributed by atoms with Crippen molar-refractivity contribution in [1.29, 1.82) is 0 Å². The van der Waals surface area contributed by atoms with E-state index in [9.17, 15) is 19.2 Å². The molecule has 2 aliphatic heterocycles. The van der Waals surface area contributed by atoms with Crippen molar-refractivity contribution in [2.45, 2.75) is 18.9 Å². The van der Waals surface area contributed by atoms with Crippen LogP contribution in [-0.2, 0) is 4.79 Å². The van der Waals surface area contributed by atoms with Gasteiger partial charge in [-0.3, -0.25) is 29.1 Å². The normalized spacial score (nSPS) is 16.6. The molecule has 1 N–H and O–H groups in total. The zero-order valence-electron chi connectivity index (χ0n) is 16.0. The Bertz CT molecular complexity index is 1020. The molecule has 0 bridgehead atoms. The minimum atomic E-state index is -0.469. The fourth-order valence-corrected chi connectivity index (χ4v) is 4.08. The third-order valence-corrected chi connectivity index (χ3v) is 5.78. The van der Waals surface area contributed by atoms with Crippen molar-refractivity contribution in [3.8, 4) is 0 Å². The fourth-order valence-electron chi connectivity index (χ4n) is 3.72. The van der Waals surface area contributed by atoms with E-state index in [-0.39, 0.29) is 24.4 Å². The molecule has 1 fully saturated rings. The molecule has 4 rings (SSSR count). The topological polar surface area (TPSA) is 99.7 Å². The second-order valence-electron chi connectivity index (χ2n) is 7.26. The van der Waals surface area contributed by atoms with E-state index in [4.69, 9.17) is 0 Å². The fraction of sp³-hybridized carbons (Fsp3) is 0.286. The van der Waals surface area contributed by atoms with Gasteiger partial charge in [0.2, 0.25) is 5.91 Å². The lowest BCUT2D eigenvalue weighted by Crippen LogP contribution is -2.49. The summed E-state index contributed by atoms with van der Waals surface area (Å²) in [4.78, 5) is 56.6. The van der Waals surface area contributed by atoms with Crippen LogP contribution in [-0.4, -0.2) is 64.1 Å². The number of nitrogens with one attached hydrogen (secondary N) is 1. The first kappa shape index (κ1) is 20.2. The van der Waals surface area contributed by atoms with Gasteiger partial charge in [-0.25, -0.2) is 0 Å². The van der Waals surface area contributed by atoms with Gasteiger partial charge in [-0.2, -0.15) is 0 Å². The molecule has 0 atom stereocenters. The van der Waals surface area contributed by atoms with Gasteiger partial charge in [-0.15, -0.1) is 0 Å². The SMILES string of the molecule is O=C(CN1C(=O)c2ccc(Br)cc2C1=O)NC1CCN(C(=O)c2cccnc2)CC1. The number of pyridine rings is 1. The molecule has 0 unspecified atom stereocenters. The number of hydrogen-bond acceptors (Lipinski definition) is 5. The summed E-state index contributed by atoms with van der Waals surface area (Å²) in [5.41, 5.74) is 1.14. The highest BCUT2D eigenvalue weighted by Crippen LogP contribution is 2.25. The number of hydrogen-bond donors (Lipinski definition) is 1. The second-order valence-corrected chi connectivity index (χ2v) is 8.18. The van der Waals surface area contributed by atoms with Crippen LogP contribution in [0.2, 0.25) is 0 Å². The molecule has 8 nitrogen and oxygen atoms in total. The number of halogens is 1. The number of aromatic nitrogens is 1. The second kappa shape index (κ2) is 8.35. The van der Waals surface area contributed by atoms with E-state index in [2.05, 4.69) is 26.2 Å². The summed E-state index contributed by atoms with van der Waals surface area (Å²) in [5, 5.41) is 2.88. The Hall–Kier alpha value is -3.07. The van der Waals surface area contributed by atoms with Gasteiger partial charge < -0.3 is 10.2 Å². The Morgan fingerprint density at radius 1 is 1.10 bits per heavy atom. The molecule has 0 radical (unpaired) electrons. The number of likely N-dealkylation sites (tertiary alicyclic amines) is 1. The van der Waals surface area contributed by atoms with E-state index in [0.717, 1.165) is 4.90 Å².